The van der Waals surface area contributed by atoms with Crippen molar-refractivity contribution in [1.29, 1.82) is 0 Å². The third-order valence-corrected chi connectivity index (χ3v) is 2.77. The van der Waals surface area contributed by atoms with Crippen molar-refractivity contribution in [3.63, 3.8) is 0 Å². The predicted octanol–water partition coefficient (Wildman–Crippen LogP) is 0.998. The number of aromatic nitrogens is 2. The van der Waals surface area contributed by atoms with E-state index in [0.717, 1.165) is 13.0 Å². The summed E-state index contributed by atoms with van der Waals surface area (Å²) in [5.74, 6) is -0.129. The van der Waals surface area contributed by atoms with Crippen molar-refractivity contribution in [3.8, 4) is 0 Å². The number of hydrogen-bond donors (Lipinski definition) is 2. The number of amides is 1. The third kappa shape index (κ3) is 3.63. The van der Waals surface area contributed by atoms with E-state index in [4.69, 9.17) is 11.6 Å². The van der Waals surface area contributed by atoms with Gasteiger partial charge in [-0.3, -0.25) is 4.79 Å². The molecule has 2 heterocycles. The van der Waals surface area contributed by atoms with Crippen molar-refractivity contribution in [2.45, 2.75) is 18.5 Å². The highest BCUT2D eigenvalue weighted by Crippen LogP contribution is 2.05. The summed E-state index contributed by atoms with van der Waals surface area (Å²) in [5, 5.41) is 5.72. The Morgan fingerprint density at radius 2 is 2.50 bits per heavy atom. The van der Waals surface area contributed by atoms with E-state index in [1.54, 1.807) is 30.8 Å². The molecule has 2 rings (SSSR count). The number of aryl methyl sites for hydroxylation is 1. The molecule has 2 N–H and O–H groups in total. The maximum atomic E-state index is 11.8. The van der Waals surface area contributed by atoms with Crippen molar-refractivity contribution in [2.75, 3.05) is 6.54 Å². The number of rotatable bonds is 5. The molecule has 5 nitrogen and oxygen atoms in total. The number of nitrogens with zero attached hydrogens (tertiary/aromatic N) is 2. The second-order valence-corrected chi connectivity index (χ2v) is 4.39. The van der Waals surface area contributed by atoms with Crippen LogP contribution in [0.3, 0.4) is 0 Å². The lowest BCUT2D eigenvalue weighted by atomic mass is 10.2. The summed E-state index contributed by atoms with van der Waals surface area (Å²) in [5.41, 5.74) is 0.182. The Balaban J connectivity index is 1.69. The fourth-order valence-electron chi connectivity index (χ4n) is 1.61. The quantitative estimate of drug-likeness (QED) is 0.475. The van der Waals surface area contributed by atoms with Crippen LogP contribution in [0.4, 0.5) is 0 Å². The minimum Gasteiger partial charge on any atom is -0.362 e. The van der Waals surface area contributed by atoms with Gasteiger partial charge < -0.3 is 15.2 Å². The van der Waals surface area contributed by atoms with Crippen molar-refractivity contribution in [1.82, 2.24) is 20.2 Å². The summed E-state index contributed by atoms with van der Waals surface area (Å²) < 4.78 is 1.97. The molecular weight excluding hydrogens is 252 g/mol. The van der Waals surface area contributed by atoms with Gasteiger partial charge in [0.25, 0.3) is 5.91 Å². The van der Waals surface area contributed by atoms with E-state index < -0.39 is 0 Å². The Hall–Kier alpha value is -1.75. The van der Waals surface area contributed by atoms with Gasteiger partial charge in [0.1, 0.15) is 11.2 Å². The number of carbonyl (C=O) groups is 1. The average molecular weight is 267 g/mol. The Morgan fingerprint density at radius 3 is 3.22 bits per heavy atom. The fraction of sp³-hybridized carbons (Fsp3) is 0.333. The number of alkyl halides is 1. The Labute approximate surface area is 111 Å². The molecular formula is C12H15ClN4O. The van der Waals surface area contributed by atoms with Gasteiger partial charge >= 0.3 is 0 Å². The number of imidazole rings is 1. The van der Waals surface area contributed by atoms with Crippen LogP contribution in [0.15, 0.2) is 42.6 Å². The molecule has 1 aromatic rings. The van der Waals surface area contributed by atoms with Gasteiger partial charge in [-0.05, 0) is 18.6 Å². The van der Waals surface area contributed by atoms with E-state index >= 15 is 0 Å². The molecule has 1 aromatic heterocycles. The minimum atomic E-state index is -0.318. The van der Waals surface area contributed by atoms with Crippen LogP contribution in [0, 0.1) is 0 Å². The van der Waals surface area contributed by atoms with Gasteiger partial charge in [-0.2, -0.15) is 0 Å². The molecule has 0 fully saturated rings. The standard InChI is InChI=1S/C12H15ClN4O/c13-11-4-1-3-10(16-11)12(18)15-5-2-7-17-8-6-14-9-17/h1,3-4,6,8-9,11,16H,2,5,7H2,(H,15,18). The molecule has 0 saturated carbocycles. The van der Waals surface area contributed by atoms with Crippen LogP contribution in [0.2, 0.25) is 0 Å². The van der Waals surface area contributed by atoms with E-state index in [0.29, 0.717) is 12.2 Å². The maximum Gasteiger partial charge on any atom is 0.267 e. The van der Waals surface area contributed by atoms with Gasteiger partial charge in [0.15, 0.2) is 0 Å². The molecule has 18 heavy (non-hydrogen) atoms. The smallest absolute Gasteiger partial charge is 0.267 e. The predicted molar refractivity (Wildman–Crippen MR) is 69.9 cm³/mol. The van der Waals surface area contributed by atoms with Crippen molar-refractivity contribution in [2.24, 2.45) is 0 Å². The second-order valence-electron chi connectivity index (χ2n) is 3.92. The molecule has 1 aliphatic heterocycles. The first kappa shape index (κ1) is 12.7. The molecule has 1 atom stereocenters. The van der Waals surface area contributed by atoms with Crippen LogP contribution in [0.1, 0.15) is 6.42 Å². The number of allylic oxidation sites excluding steroid dienone is 2. The van der Waals surface area contributed by atoms with Crippen LogP contribution in [0.5, 0.6) is 0 Å². The molecule has 0 saturated heterocycles. The highest BCUT2D eigenvalue weighted by Gasteiger charge is 2.13. The van der Waals surface area contributed by atoms with Crippen molar-refractivity contribution >= 4 is 17.5 Å². The van der Waals surface area contributed by atoms with Crippen LogP contribution >= 0.6 is 11.6 Å². The SMILES string of the molecule is O=C(NCCCn1ccnc1)C1=CC=CC(Cl)N1. The van der Waals surface area contributed by atoms with Gasteiger partial charge in [-0.1, -0.05) is 17.7 Å². The Kier molecular flexibility index (Phi) is 4.41. The lowest BCUT2D eigenvalue weighted by Gasteiger charge is -2.16. The molecule has 1 aliphatic rings. The molecule has 0 aromatic carbocycles. The van der Waals surface area contributed by atoms with Crippen LogP contribution in [0.25, 0.3) is 0 Å². The zero-order valence-corrected chi connectivity index (χ0v) is 10.6. The summed E-state index contributed by atoms with van der Waals surface area (Å²) >= 11 is 5.86. The van der Waals surface area contributed by atoms with Crippen molar-refractivity contribution < 1.29 is 4.79 Å². The van der Waals surface area contributed by atoms with Gasteiger partial charge in [0.05, 0.1) is 6.33 Å². The van der Waals surface area contributed by atoms with Gasteiger partial charge in [0.2, 0.25) is 0 Å². The molecule has 96 valence electrons. The highest BCUT2D eigenvalue weighted by molar-refractivity contribution is 6.22. The number of hydrogen-bond acceptors (Lipinski definition) is 3. The molecule has 0 aliphatic carbocycles. The van der Waals surface area contributed by atoms with E-state index in [-0.39, 0.29) is 11.4 Å². The molecule has 1 unspecified atom stereocenters. The number of carbonyl (C=O) groups excluding carboxylic acids is 1. The zero-order chi connectivity index (χ0) is 12.8. The first-order valence-corrected chi connectivity index (χ1v) is 6.22. The number of halogens is 1. The topological polar surface area (TPSA) is 59.0 Å². The molecule has 6 heteroatoms. The summed E-state index contributed by atoms with van der Waals surface area (Å²) in [7, 11) is 0. The molecule has 1 amide bonds. The Morgan fingerprint density at radius 1 is 1.61 bits per heavy atom. The molecule has 0 bridgehead atoms. The van der Waals surface area contributed by atoms with E-state index in [9.17, 15) is 4.79 Å². The first-order chi connectivity index (χ1) is 8.75. The third-order valence-electron chi connectivity index (χ3n) is 2.52. The number of nitrogens with one attached hydrogen (secondary N) is 2. The molecule has 0 spiro atoms. The summed E-state index contributed by atoms with van der Waals surface area (Å²) in [4.78, 5) is 15.7. The number of dihydropyridines is 1. The normalized spacial score (nSPS) is 18.1. The van der Waals surface area contributed by atoms with Gasteiger partial charge in [-0.25, -0.2) is 4.98 Å². The van der Waals surface area contributed by atoms with Gasteiger partial charge in [-0.15, -0.1) is 0 Å². The maximum absolute atomic E-state index is 11.8. The van der Waals surface area contributed by atoms with E-state index in [1.807, 2.05) is 10.8 Å². The minimum absolute atomic E-state index is 0.129. The highest BCUT2D eigenvalue weighted by atomic mass is 35.5. The largest absolute Gasteiger partial charge is 0.362 e. The summed E-state index contributed by atoms with van der Waals surface area (Å²) in [6, 6.07) is 0. The Bertz CT molecular complexity index is 453. The van der Waals surface area contributed by atoms with Crippen LogP contribution < -0.4 is 10.6 Å². The first-order valence-electron chi connectivity index (χ1n) is 5.79. The van der Waals surface area contributed by atoms with Crippen LogP contribution in [-0.2, 0) is 11.3 Å². The van der Waals surface area contributed by atoms with E-state index in [2.05, 4.69) is 15.6 Å². The van der Waals surface area contributed by atoms with Gasteiger partial charge in [0, 0.05) is 25.5 Å². The average Bonchev–Trinajstić information content (AvgIpc) is 2.87. The lowest BCUT2D eigenvalue weighted by molar-refractivity contribution is -0.117. The van der Waals surface area contributed by atoms with Crippen molar-refractivity contribution in [3.05, 3.63) is 42.6 Å². The molecule has 0 radical (unpaired) electrons. The summed E-state index contributed by atoms with van der Waals surface area (Å²) in [6.45, 7) is 1.46. The summed E-state index contributed by atoms with van der Waals surface area (Å²) in [6.07, 6.45) is 11.5. The second kappa shape index (κ2) is 6.26. The lowest BCUT2D eigenvalue weighted by Crippen LogP contribution is -2.36. The van der Waals surface area contributed by atoms with Crippen LogP contribution in [-0.4, -0.2) is 27.5 Å². The van der Waals surface area contributed by atoms with E-state index in [1.165, 1.54) is 0 Å². The zero-order valence-electron chi connectivity index (χ0n) is 9.84. The monoisotopic (exact) mass is 266 g/mol. The fourth-order valence-corrected chi connectivity index (χ4v) is 1.81.